The minimum Gasteiger partial charge on any atom is -0.444 e. The van der Waals surface area contributed by atoms with Gasteiger partial charge >= 0.3 is 12.3 Å². The van der Waals surface area contributed by atoms with Crippen LogP contribution in [-0.4, -0.2) is 23.3 Å². The zero-order valence-electron chi connectivity index (χ0n) is 13.0. The molecule has 0 bridgehead atoms. The molecule has 1 aromatic rings. The van der Waals surface area contributed by atoms with Crippen LogP contribution in [0.25, 0.3) is 0 Å². The van der Waals surface area contributed by atoms with Crippen molar-refractivity contribution in [2.45, 2.75) is 39.2 Å². The average Bonchev–Trinajstić information content (AvgIpc) is 2.40. The maximum Gasteiger partial charge on any atom is 0.416 e. The van der Waals surface area contributed by atoms with Gasteiger partial charge in [0.15, 0.2) is 0 Å². The number of alkyl carbamates (subject to hydrolysis) is 1. The van der Waals surface area contributed by atoms with Crippen LogP contribution in [0.15, 0.2) is 18.2 Å². The largest absolute Gasteiger partial charge is 0.444 e. The number of rotatable bonds is 2. The fourth-order valence-corrected chi connectivity index (χ4v) is 1.59. The molecule has 0 fully saturated rings. The summed E-state index contributed by atoms with van der Waals surface area (Å²) in [6.07, 6.45) is -5.12. The summed E-state index contributed by atoms with van der Waals surface area (Å²) >= 11 is 0. The first-order valence-corrected chi connectivity index (χ1v) is 6.79. The topological polar surface area (TPSA) is 58.6 Å². The Bertz CT molecular complexity index is 622. The van der Waals surface area contributed by atoms with E-state index in [1.165, 1.54) is 6.07 Å². The molecule has 4 nitrogen and oxygen atoms in total. The summed E-state index contributed by atoms with van der Waals surface area (Å²) in [6, 6.07) is 2.94. The van der Waals surface area contributed by atoms with Crippen molar-refractivity contribution >= 4 is 6.09 Å². The SMILES string of the molecule is CC(C)(C)OC(=O)NCC#Cc1ccc(C(F)(F)F)cc1CO. The molecule has 0 saturated heterocycles. The smallest absolute Gasteiger partial charge is 0.416 e. The third-order valence-electron chi connectivity index (χ3n) is 2.55. The Morgan fingerprint density at radius 1 is 1.30 bits per heavy atom. The van der Waals surface area contributed by atoms with Crippen molar-refractivity contribution in [1.82, 2.24) is 5.32 Å². The van der Waals surface area contributed by atoms with Crippen molar-refractivity contribution in [3.8, 4) is 11.8 Å². The molecule has 1 aromatic carbocycles. The van der Waals surface area contributed by atoms with Crippen LogP contribution in [0.5, 0.6) is 0 Å². The van der Waals surface area contributed by atoms with E-state index in [1.807, 2.05) is 0 Å². The first-order valence-electron chi connectivity index (χ1n) is 6.79. The van der Waals surface area contributed by atoms with Gasteiger partial charge in [0.05, 0.1) is 18.7 Å². The Labute approximate surface area is 132 Å². The average molecular weight is 329 g/mol. The predicted octanol–water partition coefficient (Wildman–Crippen LogP) is 3.07. The molecule has 0 unspecified atom stereocenters. The molecule has 0 atom stereocenters. The van der Waals surface area contributed by atoms with Gasteiger partial charge < -0.3 is 15.2 Å². The van der Waals surface area contributed by atoms with Gasteiger partial charge in [-0.15, -0.1) is 0 Å². The zero-order chi connectivity index (χ0) is 17.7. The predicted molar refractivity (Wildman–Crippen MR) is 78.5 cm³/mol. The maximum atomic E-state index is 12.6. The van der Waals surface area contributed by atoms with Gasteiger partial charge in [-0.2, -0.15) is 13.2 Å². The van der Waals surface area contributed by atoms with Crippen LogP contribution in [0.3, 0.4) is 0 Å². The van der Waals surface area contributed by atoms with Crippen LogP contribution < -0.4 is 5.32 Å². The third-order valence-corrected chi connectivity index (χ3v) is 2.55. The summed E-state index contributed by atoms with van der Waals surface area (Å²) in [4.78, 5) is 11.4. The number of aliphatic hydroxyl groups is 1. The minimum atomic E-state index is -4.48. The molecular weight excluding hydrogens is 311 g/mol. The quantitative estimate of drug-likeness (QED) is 0.820. The molecule has 1 rings (SSSR count). The summed E-state index contributed by atoms with van der Waals surface area (Å²) in [5, 5.41) is 11.6. The Morgan fingerprint density at radius 3 is 2.48 bits per heavy atom. The van der Waals surface area contributed by atoms with Gasteiger partial charge in [-0.05, 0) is 44.5 Å². The monoisotopic (exact) mass is 329 g/mol. The van der Waals surface area contributed by atoms with E-state index in [0.29, 0.717) is 0 Å². The molecule has 1 amide bonds. The van der Waals surface area contributed by atoms with Crippen molar-refractivity contribution in [2.75, 3.05) is 6.54 Å². The molecule has 0 heterocycles. The highest BCUT2D eigenvalue weighted by atomic mass is 19.4. The van der Waals surface area contributed by atoms with Crippen LogP contribution in [0, 0.1) is 11.8 Å². The third kappa shape index (κ3) is 6.61. The lowest BCUT2D eigenvalue weighted by Crippen LogP contribution is -2.32. The standard InChI is InChI=1S/C16H18F3NO3/c1-15(2,3)23-14(22)20-8-4-5-11-6-7-13(16(17,18)19)9-12(11)10-21/h6-7,9,21H,8,10H2,1-3H3,(H,20,22). The molecule has 126 valence electrons. The van der Waals surface area contributed by atoms with Gasteiger partial charge in [0.1, 0.15) is 5.60 Å². The highest BCUT2D eigenvalue weighted by Gasteiger charge is 2.30. The number of aliphatic hydroxyl groups excluding tert-OH is 1. The van der Waals surface area contributed by atoms with E-state index >= 15 is 0 Å². The molecule has 0 saturated carbocycles. The molecule has 0 aliphatic rings. The van der Waals surface area contributed by atoms with Crippen LogP contribution >= 0.6 is 0 Å². The van der Waals surface area contributed by atoms with E-state index in [9.17, 15) is 18.0 Å². The lowest BCUT2D eigenvalue weighted by atomic mass is 10.0. The normalized spacial score (nSPS) is 11.4. The molecule has 23 heavy (non-hydrogen) atoms. The Kier molecular flexibility index (Phi) is 6.05. The molecule has 7 heteroatoms. The van der Waals surface area contributed by atoms with Crippen molar-refractivity contribution < 1.29 is 27.8 Å². The fourth-order valence-electron chi connectivity index (χ4n) is 1.59. The van der Waals surface area contributed by atoms with Crippen molar-refractivity contribution in [3.63, 3.8) is 0 Å². The molecule has 2 N–H and O–H groups in total. The summed E-state index contributed by atoms with van der Waals surface area (Å²) in [6.45, 7) is 4.56. The zero-order valence-corrected chi connectivity index (χ0v) is 13.0. The first kappa shape index (κ1) is 18.8. The molecule has 0 spiro atoms. The number of benzene rings is 1. The summed E-state index contributed by atoms with van der Waals surface area (Å²) in [7, 11) is 0. The van der Waals surface area contributed by atoms with Crippen LogP contribution in [0.4, 0.5) is 18.0 Å². The van der Waals surface area contributed by atoms with E-state index in [2.05, 4.69) is 17.2 Å². The van der Waals surface area contributed by atoms with Crippen LogP contribution in [-0.2, 0) is 17.5 Å². The van der Waals surface area contributed by atoms with E-state index in [1.54, 1.807) is 20.8 Å². The second kappa shape index (κ2) is 7.38. The van der Waals surface area contributed by atoms with Gasteiger partial charge in [-0.25, -0.2) is 4.79 Å². The lowest BCUT2D eigenvalue weighted by Gasteiger charge is -2.19. The Balaban J connectivity index is 2.74. The number of halogens is 3. The van der Waals surface area contributed by atoms with Crippen molar-refractivity contribution in [1.29, 1.82) is 0 Å². The van der Waals surface area contributed by atoms with Gasteiger partial charge in [0, 0.05) is 5.56 Å². The highest BCUT2D eigenvalue weighted by Crippen LogP contribution is 2.30. The van der Waals surface area contributed by atoms with E-state index in [0.717, 1.165) is 12.1 Å². The molecule has 0 aromatic heterocycles. The number of alkyl halides is 3. The van der Waals surface area contributed by atoms with E-state index in [-0.39, 0.29) is 17.7 Å². The Morgan fingerprint density at radius 2 is 1.96 bits per heavy atom. The number of carbonyl (C=O) groups excluding carboxylic acids is 1. The van der Waals surface area contributed by atoms with Crippen LogP contribution in [0.1, 0.15) is 37.5 Å². The number of nitrogens with one attached hydrogen (secondary N) is 1. The highest BCUT2D eigenvalue weighted by molar-refractivity contribution is 5.68. The van der Waals surface area contributed by atoms with Gasteiger partial charge in [-0.1, -0.05) is 11.8 Å². The maximum absolute atomic E-state index is 12.6. The van der Waals surface area contributed by atoms with E-state index < -0.39 is 30.0 Å². The number of carbonyl (C=O) groups is 1. The summed E-state index contributed by atoms with van der Waals surface area (Å²) in [5.41, 5.74) is -1.13. The molecular formula is C16H18F3NO3. The van der Waals surface area contributed by atoms with Gasteiger partial charge in [0.2, 0.25) is 0 Å². The molecule has 0 aliphatic heterocycles. The minimum absolute atomic E-state index is 0.0270. The van der Waals surface area contributed by atoms with Crippen molar-refractivity contribution in [2.24, 2.45) is 0 Å². The summed E-state index contributed by atoms with van der Waals surface area (Å²) in [5.74, 6) is 5.21. The number of hydrogen-bond donors (Lipinski definition) is 2. The second-order valence-corrected chi connectivity index (χ2v) is 5.69. The van der Waals surface area contributed by atoms with Gasteiger partial charge in [0.25, 0.3) is 0 Å². The number of ether oxygens (including phenoxy) is 1. The number of hydrogen-bond acceptors (Lipinski definition) is 3. The van der Waals surface area contributed by atoms with Crippen LogP contribution in [0.2, 0.25) is 0 Å². The fraction of sp³-hybridized carbons (Fsp3) is 0.438. The van der Waals surface area contributed by atoms with Gasteiger partial charge in [-0.3, -0.25) is 0 Å². The Hall–Kier alpha value is -2.20. The summed E-state index contributed by atoms with van der Waals surface area (Å²) < 4.78 is 42.8. The van der Waals surface area contributed by atoms with Crippen molar-refractivity contribution in [3.05, 3.63) is 34.9 Å². The first-order chi connectivity index (χ1) is 10.5. The number of amides is 1. The second-order valence-electron chi connectivity index (χ2n) is 5.69. The molecule has 0 radical (unpaired) electrons. The van der Waals surface area contributed by atoms with E-state index in [4.69, 9.17) is 9.84 Å². The lowest BCUT2D eigenvalue weighted by molar-refractivity contribution is -0.137. The molecule has 0 aliphatic carbocycles.